The summed E-state index contributed by atoms with van der Waals surface area (Å²) in [5.74, 6) is -0.615. The molecule has 0 spiro atoms. The maximum absolute atomic E-state index is 11.3. The second-order valence-electron chi connectivity index (χ2n) is 6.55. The molecule has 0 aromatic heterocycles. The number of aliphatic carboxylic acids is 1. The van der Waals surface area contributed by atoms with E-state index in [1.54, 1.807) is 0 Å². The maximum Gasteiger partial charge on any atom is 0.309 e. The van der Waals surface area contributed by atoms with Gasteiger partial charge in [-0.2, -0.15) is 0 Å². The first kappa shape index (κ1) is 19.5. The molecule has 1 unspecified atom stereocenters. The molecule has 1 N–H and O–H groups in total. The van der Waals surface area contributed by atoms with Gasteiger partial charge in [-0.15, -0.1) is 0 Å². The van der Waals surface area contributed by atoms with Crippen LogP contribution in [0, 0.1) is 5.41 Å². The lowest BCUT2D eigenvalue weighted by Crippen LogP contribution is -2.27. The number of carboxylic acids is 1. The Morgan fingerprint density at radius 1 is 0.750 bits per heavy atom. The van der Waals surface area contributed by atoms with E-state index < -0.39 is 11.4 Å². The molecule has 120 valence electrons. The SMILES string of the molecule is CCCCCCCCCCCCC(C)(CCC)C(=O)O. The lowest BCUT2D eigenvalue weighted by atomic mass is 9.80. The number of rotatable bonds is 14. The molecule has 0 heterocycles. The van der Waals surface area contributed by atoms with Gasteiger partial charge in [-0.3, -0.25) is 4.79 Å². The number of carbonyl (C=O) groups is 1. The molecule has 0 amide bonds. The van der Waals surface area contributed by atoms with Crippen LogP contribution in [0.25, 0.3) is 0 Å². The van der Waals surface area contributed by atoms with Gasteiger partial charge in [0, 0.05) is 0 Å². The van der Waals surface area contributed by atoms with Crippen molar-refractivity contribution in [2.75, 3.05) is 0 Å². The van der Waals surface area contributed by atoms with E-state index in [4.69, 9.17) is 0 Å². The largest absolute Gasteiger partial charge is 0.481 e. The van der Waals surface area contributed by atoms with Gasteiger partial charge in [0.2, 0.25) is 0 Å². The van der Waals surface area contributed by atoms with E-state index in [2.05, 4.69) is 13.8 Å². The van der Waals surface area contributed by atoms with Crippen molar-refractivity contribution < 1.29 is 9.90 Å². The first-order chi connectivity index (χ1) is 9.56. The van der Waals surface area contributed by atoms with Crippen molar-refractivity contribution in [3.8, 4) is 0 Å². The average Bonchev–Trinajstić information content (AvgIpc) is 2.41. The maximum atomic E-state index is 11.3. The minimum Gasteiger partial charge on any atom is -0.481 e. The zero-order chi connectivity index (χ0) is 15.3. The van der Waals surface area contributed by atoms with Gasteiger partial charge in [0.15, 0.2) is 0 Å². The summed E-state index contributed by atoms with van der Waals surface area (Å²) < 4.78 is 0. The van der Waals surface area contributed by atoms with Crippen molar-refractivity contribution >= 4 is 5.97 Å². The Hall–Kier alpha value is -0.530. The van der Waals surface area contributed by atoms with Crippen molar-refractivity contribution in [1.29, 1.82) is 0 Å². The lowest BCUT2D eigenvalue weighted by Gasteiger charge is -2.24. The highest BCUT2D eigenvalue weighted by Crippen LogP contribution is 2.30. The monoisotopic (exact) mass is 284 g/mol. The molecule has 0 aromatic rings. The topological polar surface area (TPSA) is 37.3 Å². The van der Waals surface area contributed by atoms with Crippen molar-refractivity contribution in [2.45, 2.75) is 104 Å². The minimum atomic E-state index is -0.615. The third-order valence-electron chi connectivity index (χ3n) is 4.40. The molecule has 0 fully saturated rings. The Bertz CT molecular complexity index is 238. The third-order valence-corrected chi connectivity index (χ3v) is 4.40. The predicted molar refractivity (Wildman–Crippen MR) is 87.1 cm³/mol. The molecule has 2 heteroatoms. The Kier molecular flexibility index (Phi) is 11.9. The van der Waals surface area contributed by atoms with E-state index in [-0.39, 0.29) is 0 Å². The summed E-state index contributed by atoms with van der Waals surface area (Å²) in [4.78, 5) is 11.3. The highest BCUT2D eigenvalue weighted by molar-refractivity contribution is 5.73. The highest BCUT2D eigenvalue weighted by Gasteiger charge is 2.31. The second-order valence-corrected chi connectivity index (χ2v) is 6.55. The Balaban J connectivity index is 3.48. The van der Waals surface area contributed by atoms with Gasteiger partial charge < -0.3 is 5.11 Å². The molecule has 0 saturated carbocycles. The van der Waals surface area contributed by atoms with Gasteiger partial charge in [0.25, 0.3) is 0 Å². The second kappa shape index (κ2) is 12.2. The van der Waals surface area contributed by atoms with E-state index in [0.717, 1.165) is 25.7 Å². The zero-order valence-electron chi connectivity index (χ0n) is 14.0. The molecule has 0 aromatic carbocycles. The normalized spacial score (nSPS) is 14.2. The smallest absolute Gasteiger partial charge is 0.309 e. The van der Waals surface area contributed by atoms with E-state index in [0.29, 0.717) is 0 Å². The van der Waals surface area contributed by atoms with Gasteiger partial charge in [-0.25, -0.2) is 0 Å². The fourth-order valence-electron chi connectivity index (χ4n) is 2.89. The van der Waals surface area contributed by atoms with Crippen LogP contribution in [-0.4, -0.2) is 11.1 Å². The zero-order valence-corrected chi connectivity index (χ0v) is 14.0. The Morgan fingerprint density at radius 2 is 1.20 bits per heavy atom. The molecule has 0 rings (SSSR count). The molecule has 0 radical (unpaired) electrons. The predicted octanol–water partition coefficient (Wildman–Crippen LogP) is 6.19. The average molecular weight is 284 g/mol. The van der Waals surface area contributed by atoms with Gasteiger partial charge in [0.1, 0.15) is 0 Å². The summed E-state index contributed by atoms with van der Waals surface area (Å²) in [5.41, 5.74) is -0.491. The summed E-state index contributed by atoms with van der Waals surface area (Å²) in [6, 6.07) is 0. The lowest BCUT2D eigenvalue weighted by molar-refractivity contribution is -0.148. The quantitative estimate of drug-likeness (QED) is 0.386. The minimum absolute atomic E-state index is 0.491. The molecular weight excluding hydrogens is 248 g/mol. The van der Waals surface area contributed by atoms with Crippen LogP contribution in [-0.2, 0) is 4.79 Å². The van der Waals surface area contributed by atoms with E-state index >= 15 is 0 Å². The van der Waals surface area contributed by atoms with Crippen LogP contribution in [0.1, 0.15) is 104 Å². The Morgan fingerprint density at radius 3 is 1.60 bits per heavy atom. The number of carboxylic acid groups (broad SMARTS) is 1. The standard InChI is InChI=1S/C18H36O2/c1-4-6-7-8-9-10-11-12-13-14-16-18(3,15-5-2)17(19)20/h4-16H2,1-3H3,(H,19,20). The third kappa shape index (κ3) is 9.39. The molecule has 1 atom stereocenters. The summed E-state index contributed by atoms with van der Waals surface area (Å²) in [6.45, 7) is 6.23. The van der Waals surface area contributed by atoms with Crippen molar-refractivity contribution in [1.82, 2.24) is 0 Å². The molecule has 0 aliphatic rings. The molecular formula is C18H36O2. The van der Waals surface area contributed by atoms with Gasteiger partial charge in [-0.05, 0) is 19.8 Å². The van der Waals surface area contributed by atoms with Crippen LogP contribution in [0.4, 0.5) is 0 Å². The highest BCUT2D eigenvalue weighted by atomic mass is 16.4. The van der Waals surface area contributed by atoms with Crippen molar-refractivity contribution in [2.24, 2.45) is 5.41 Å². The van der Waals surface area contributed by atoms with Crippen LogP contribution >= 0.6 is 0 Å². The van der Waals surface area contributed by atoms with Crippen LogP contribution in [0.2, 0.25) is 0 Å². The van der Waals surface area contributed by atoms with Gasteiger partial charge in [0.05, 0.1) is 5.41 Å². The summed E-state index contributed by atoms with van der Waals surface area (Å²) >= 11 is 0. The molecule has 0 bridgehead atoms. The number of unbranched alkanes of at least 4 members (excludes halogenated alkanes) is 9. The van der Waals surface area contributed by atoms with Gasteiger partial charge >= 0.3 is 5.97 Å². The van der Waals surface area contributed by atoms with Crippen LogP contribution < -0.4 is 0 Å². The molecule has 2 nitrogen and oxygen atoms in total. The molecule has 0 aliphatic carbocycles. The van der Waals surface area contributed by atoms with E-state index in [9.17, 15) is 9.90 Å². The summed E-state index contributed by atoms with van der Waals surface area (Å²) in [6.07, 6.45) is 15.7. The van der Waals surface area contributed by atoms with Crippen molar-refractivity contribution in [3.05, 3.63) is 0 Å². The number of hydrogen-bond acceptors (Lipinski definition) is 1. The fourth-order valence-corrected chi connectivity index (χ4v) is 2.89. The molecule has 20 heavy (non-hydrogen) atoms. The first-order valence-corrected chi connectivity index (χ1v) is 8.80. The van der Waals surface area contributed by atoms with E-state index in [1.165, 1.54) is 57.8 Å². The van der Waals surface area contributed by atoms with Crippen LogP contribution in [0.15, 0.2) is 0 Å². The Labute approximate surface area is 126 Å². The van der Waals surface area contributed by atoms with Crippen LogP contribution in [0.5, 0.6) is 0 Å². The van der Waals surface area contributed by atoms with Crippen molar-refractivity contribution in [3.63, 3.8) is 0 Å². The number of hydrogen-bond donors (Lipinski definition) is 1. The fraction of sp³-hybridized carbons (Fsp3) is 0.944. The summed E-state index contributed by atoms with van der Waals surface area (Å²) in [5, 5.41) is 9.31. The van der Waals surface area contributed by atoms with E-state index in [1.807, 2.05) is 6.92 Å². The molecule has 0 saturated heterocycles. The summed E-state index contributed by atoms with van der Waals surface area (Å²) in [7, 11) is 0. The first-order valence-electron chi connectivity index (χ1n) is 8.80. The van der Waals surface area contributed by atoms with Crippen LogP contribution in [0.3, 0.4) is 0 Å². The van der Waals surface area contributed by atoms with Gasteiger partial charge in [-0.1, -0.05) is 84.5 Å². The molecule has 0 aliphatic heterocycles.